The Bertz CT molecular complexity index is 525. The van der Waals surface area contributed by atoms with E-state index in [-0.39, 0.29) is 0 Å². The lowest BCUT2D eigenvalue weighted by Gasteiger charge is -2.03. The van der Waals surface area contributed by atoms with Crippen LogP contribution in [-0.4, -0.2) is 23.0 Å². The molecule has 0 aromatic carbocycles. The number of esters is 1. The molecule has 17 heavy (non-hydrogen) atoms. The molecule has 1 rings (SSSR count). The monoisotopic (exact) mass is 248 g/mol. The molecule has 0 amide bonds. The average Bonchev–Trinajstić information content (AvgIpc) is 2.26. The number of nitrogens with zero attached hydrogens (tertiary/aromatic N) is 1. The Morgan fingerprint density at radius 3 is 2.59 bits per heavy atom. The summed E-state index contributed by atoms with van der Waals surface area (Å²) >= 11 is 0. The molecule has 0 bridgehead atoms. The third-order valence-corrected chi connectivity index (χ3v) is 1.89. The number of hydrogen-bond acceptors (Lipinski definition) is 5. The van der Waals surface area contributed by atoms with E-state index in [1.807, 2.05) is 4.98 Å². The highest BCUT2D eigenvalue weighted by Gasteiger charge is 2.29. The van der Waals surface area contributed by atoms with E-state index in [4.69, 9.17) is 0 Å². The molecular formula is C8H6F2N2O5. The number of alkyl halides is 2. The molecule has 0 unspecified atom stereocenters. The van der Waals surface area contributed by atoms with E-state index in [1.165, 1.54) is 0 Å². The summed E-state index contributed by atoms with van der Waals surface area (Å²) in [6.07, 6.45) is -2.57. The fourth-order valence-corrected chi connectivity index (χ4v) is 1.14. The van der Waals surface area contributed by atoms with Crippen molar-refractivity contribution in [3.8, 4) is 0 Å². The Kier molecular flexibility index (Phi) is 3.51. The predicted octanol–water partition coefficient (Wildman–Crippen LogP) is 1.01. The summed E-state index contributed by atoms with van der Waals surface area (Å²) < 4.78 is 29.0. The molecule has 0 fully saturated rings. The highest BCUT2D eigenvalue weighted by Crippen LogP contribution is 2.23. The summed E-state index contributed by atoms with van der Waals surface area (Å²) in [6.45, 7) is 0. The van der Waals surface area contributed by atoms with Gasteiger partial charge in [0.15, 0.2) is 5.69 Å². The van der Waals surface area contributed by atoms with Crippen molar-refractivity contribution in [1.82, 2.24) is 4.98 Å². The van der Waals surface area contributed by atoms with Gasteiger partial charge in [-0.1, -0.05) is 0 Å². The second-order valence-corrected chi connectivity index (χ2v) is 2.84. The fraction of sp³-hybridized carbons (Fsp3) is 0.250. The van der Waals surface area contributed by atoms with Crippen molar-refractivity contribution in [2.75, 3.05) is 7.11 Å². The van der Waals surface area contributed by atoms with Crippen molar-refractivity contribution >= 4 is 11.7 Å². The Balaban J connectivity index is 3.55. The van der Waals surface area contributed by atoms with E-state index >= 15 is 0 Å². The van der Waals surface area contributed by atoms with Gasteiger partial charge in [-0.15, -0.1) is 0 Å². The number of nitro groups is 1. The van der Waals surface area contributed by atoms with E-state index in [0.717, 1.165) is 7.11 Å². The van der Waals surface area contributed by atoms with E-state index < -0.39 is 39.7 Å². The van der Waals surface area contributed by atoms with Gasteiger partial charge in [0.05, 0.1) is 12.0 Å². The zero-order valence-electron chi connectivity index (χ0n) is 8.40. The predicted molar refractivity (Wildman–Crippen MR) is 50.0 cm³/mol. The largest absolute Gasteiger partial charge is 0.465 e. The van der Waals surface area contributed by atoms with E-state index in [9.17, 15) is 28.5 Å². The lowest BCUT2D eigenvalue weighted by atomic mass is 10.2. The second-order valence-electron chi connectivity index (χ2n) is 2.84. The van der Waals surface area contributed by atoms with Gasteiger partial charge >= 0.3 is 11.7 Å². The molecule has 0 spiro atoms. The number of pyridine rings is 1. The molecule has 0 aliphatic rings. The number of hydrogen-bond donors (Lipinski definition) is 1. The van der Waals surface area contributed by atoms with Crippen LogP contribution in [0.2, 0.25) is 0 Å². The van der Waals surface area contributed by atoms with Crippen LogP contribution in [-0.2, 0) is 4.74 Å². The number of aromatic amines is 1. The molecule has 9 heteroatoms. The molecule has 0 radical (unpaired) electrons. The van der Waals surface area contributed by atoms with Crippen LogP contribution in [0, 0.1) is 10.1 Å². The summed E-state index contributed by atoms with van der Waals surface area (Å²) in [5.74, 6) is -1.14. The summed E-state index contributed by atoms with van der Waals surface area (Å²) in [5, 5.41) is 10.5. The fourth-order valence-electron chi connectivity index (χ4n) is 1.14. The van der Waals surface area contributed by atoms with Crippen molar-refractivity contribution in [3.63, 3.8) is 0 Å². The van der Waals surface area contributed by atoms with Crippen molar-refractivity contribution in [1.29, 1.82) is 0 Å². The number of carbonyl (C=O) groups excluding carboxylic acids is 1. The number of halogens is 2. The maximum atomic E-state index is 12.4. The lowest BCUT2D eigenvalue weighted by Crippen LogP contribution is -2.21. The number of nitrogens with one attached hydrogen (secondary N) is 1. The number of H-pyrrole nitrogens is 1. The smallest absolute Gasteiger partial charge is 0.343 e. The molecule has 0 saturated carbocycles. The van der Waals surface area contributed by atoms with Gasteiger partial charge in [-0.25, -0.2) is 13.6 Å². The van der Waals surface area contributed by atoms with Gasteiger partial charge in [0.1, 0.15) is 5.56 Å². The third kappa shape index (κ3) is 2.27. The minimum Gasteiger partial charge on any atom is -0.465 e. The van der Waals surface area contributed by atoms with Crippen molar-refractivity contribution < 1.29 is 23.2 Å². The summed E-state index contributed by atoms with van der Waals surface area (Å²) in [6, 6.07) is 0. The van der Waals surface area contributed by atoms with Gasteiger partial charge in [-0.05, 0) is 0 Å². The van der Waals surface area contributed by atoms with E-state index in [0.29, 0.717) is 6.20 Å². The molecule has 1 N–H and O–H groups in total. The van der Waals surface area contributed by atoms with Gasteiger partial charge < -0.3 is 9.72 Å². The lowest BCUT2D eigenvalue weighted by molar-refractivity contribution is -0.387. The highest BCUT2D eigenvalue weighted by atomic mass is 19.3. The first-order valence-corrected chi connectivity index (χ1v) is 4.16. The molecular weight excluding hydrogens is 242 g/mol. The number of carbonyl (C=O) groups is 1. The summed E-state index contributed by atoms with van der Waals surface area (Å²) in [4.78, 5) is 33.6. The van der Waals surface area contributed by atoms with Crippen LogP contribution in [0.15, 0.2) is 11.0 Å². The van der Waals surface area contributed by atoms with Crippen LogP contribution in [0.1, 0.15) is 22.5 Å². The molecule has 0 aliphatic heterocycles. The number of rotatable bonds is 3. The highest BCUT2D eigenvalue weighted by molar-refractivity contribution is 5.89. The van der Waals surface area contributed by atoms with Crippen molar-refractivity contribution in [3.05, 3.63) is 37.8 Å². The number of aromatic nitrogens is 1. The van der Waals surface area contributed by atoms with E-state index in [2.05, 4.69) is 4.74 Å². The topological polar surface area (TPSA) is 102 Å². The van der Waals surface area contributed by atoms with Gasteiger partial charge in [0.25, 0.3) is 11.9 Å². The number of ether oxygens (including phenoxy) is 1. The Morgan fingerprint density at radius 1 is 1.59 bits per heavy atom. The van der Waals surface area contributed by atoms with Gasteiger partial charge in [-0.3, -0.25) is 14.9 Å². The first-order valence-electron chi connectivity index (χ1n) is 4.16. The average molecular weight is 248 g/mol. The Labute approximate surface area is 92.2 Å². The van der Waals surface area contributed by atoms with Gasteiger partial charge in [0, 0.05) is 6.20 Å². The molecule has 1 aromatic heterocycles. The molecule has 0 saturated heterocycles. The minimum atomic E-state index is -3.23. The molecule has 7 nitrogen and oxygen atoms in total. The summed E-state index contributed by atoms with van der Waals surface area (Å²) in [5.41, 5.74) is -4.62. The SMILES string of the molecule is COC(=O)c1c[nH]c(C(F)F)c([N+](=O)[O-])c1=O. The minimum absolute atomic E-state index is 0.655. The zero-order valence-corrected chi connectivity index (χ0v) is 8.40. The van der Waals surface area contributed by atoms with Crippen LogP contribution in [0.3, 0.4) is 0 Å². The normalized spacial score (nSPS) is 10.4. The van der Waals surface area contributed by atoms with Gasteiger partial charge in [-0.2, -0.15) is 0 Å². The van der Waals surface area contributed by atoms with Crippen LogP contribution in [0.4, 0.5) is 14.5 Å². The standard InChI is InChI=1S/C8H6F2N2O5/c1-17-8(14)3-2-11-4(7(9)10)5(6(3)13)12(15)16/h2,7H,1H3,(H,11,13). The second kappa shape index (κ2) is 4.68. The van der Waals surface area contributed by atoms with Crippen LogP contribution >= 0.6 is 0 Å². The third-order valence-electron chi connectivity index (χ3n) is 1.89. The van der Waals surface area contributed by atoms with E-state index in [1.54, 1.807) is 0 Å². The molecule has 0 aliphatic carbocycles. The van der Waals surface area contributed by atoms with Crippen molar-refractivity contribution in [2.24, 2.45) is 0 Å². The maximum absolute atomic E-state index is 12.4. The summed E-state index contributed by atoms with van der Waals surface area (Å²) in [7, 11) is 0.953. The first kappa shape index (κ1) is 12.7. The molecule has 0 atom stereocenters. The van der Waals surface area contributed by atoms with Crippen molar-refractivity contribution in [2.45, 2.75) is 6.43 Å². The first-order chi connectivity index (χ1) is 7.90. The Hall–Kier alpha value is -2.32. The molecule has 1 aromatic rings. The van der Waals surface area contributed by atoms with Crippen LogP contribution < -0.4 is 5.43 Å². The van der Waals surface area contributed by atoms with Crippen LogP contribution in [0.5, 0.6) is 0 Å². The molecule has 1 heterocycles. The zero-order chi connectivity index (χ0) is 13.2. The van der Waals surface area contributed by atoms with Gasteiger partial charge in [0.2, 0.25) is 0 Å². The maximum Gasteiger partial charge on any atom is 0.343 e. The van der Waals surface area contributed by atoms with Crippen LogP contribution in [0.25, 0.3) is 0 Å². The molecule has 92 valence electrons. The Morgan fingerprint density at radius 2 is 2.18 bits per heavy atom. The quantitative estimate of drug-likeness (QED) is 0.488. The number of methoxy groups -OCH3 is 1.